The van der Waals surface area contributed by atoms with Gasteiger partial charge in [-0.05, 0) is 92.8 Å². The average Bonchev–Trinajstić information content (AvgIpc) is 3.52. The summed E-state index contributed by atoms with van der Waals surface area (Å²) >= 11 is 0. The van der Waals surface area contributed by atoms with Crippen molar-refractivity contribution in [2.45, 2.75) is 104 Å². The number of fused-ring (bicyclic) bond motifs is 2. The molecule has 0 aromatic heterocycles. The number of phosphoric ester groups is 5. The van der Waals surface area contributed by atoms with Crippen molar-refractivity contribution in [1.82, 2.24) is 5.32 Å². The first-order valence-electron chi connectivity index (χ1n) is 26.5. The van der Waals surface area contributed by atoms with Gasteiger partial charge < -0.3 is 71.0 Å². The lowest BCUT2D eigenvalue weighted by atomic mass is 9.92. The number of amides is 1. The number of rotatable bonds is 46. The molecule has 1 amide bonds. The lowest BCUT2D eigenvalue weighted by Gasteiger charge is -2.29. The number of hydrogen-bond donors (Lipinski definition) is 2. The van der Waals surface area contributed by atoms with Crippen molar-refractivity contribution in [3.63, 3.8) is 0 Å². The lowest BCUT2D eigenvalue weighted by Crippen LogP contribution is -2.25. The van der Waals surface area contributed by atoms with Gasteiger partial charge in [-0.25, -0.2) is 4.89 Å². The summed E-state index contributed by atoms with van der Waals surface area (Å²) in [6, 6.07) is 15.5. The number of aromatic hydroxyl groups is 1. The van der Waals surface area contributed by atoms with Crippen molar-refractivity contribution >= 4 is 77.6 Å². The fourth-order valence-corrected chi connectivity index (χ4v) is 13.2. The highest BCUT2D eigenvalue weighted by Crippen LogP contribution is 2.49. The Morgan fingerprint density at radius 1 is 0.610 bits per heavy atom. The summed E-state index contributed by atoms with van der Waals surface area (Å²) in [6.45, 7) is 1.31. The minimum absolute atomic E-state index is 0.00508. The quantitative estimate of drug-likeness (QED) is 0.0104. The number of carbonyl (C=O) groups is 1. The summed E-state index contributed by atoms with van der Waals surface area (Å²) in [5, 5.41) is 13.5. The summed E-state index contributed by atoms with van der Waals surface area (Å²) < 4.78 is 113. The van der Waals surface area contributed by atoms with E-state index in [1.165, 1.54) is 49.9 Å². The van der Waals surface area contributed by atoms with Gasteiger partial charge in [0.15, 0.2) is 5.43 Å². The maximum absolute atomic E-state index is 13.4. The summed E-state index contributed by atoms with van der Waals surface area (Å²) in [4.78, 5) is 91.5. The van der Waals surface area contributed by atoms with Crippen molar-refractivity contribution in [3.8, 4) is 28.2 Å². The molecule has 6 unspecified atom stereocenters. The maximum atomic E-state index is 13.4. The molecule has 464 valence electrons. The van der Waals surface area contributed by atoms with Gasteiger partial charge in [0.2, 0.25) is 0 Å². The number of benzene rings is 3. The Kier molecular flexibility index (Phi) is 32.8. The van der Waals surface area contributed by atoms with E-state index in [-0.39, 0.29) is 73.9 Å². The Morgan fingerprint density at radius 3 is 1.90 bits per heavy atom. The van der Waals surface area contributed by atoms with Gasteiger partial charge in [-0.2, -0.15) is 14.0 Å². The van der Waals surface area contributed by atoms with Gasteiger partial charge in [0.1, 0.15) is 23.7 Å². The molecule has 1 aliphatic heterocycles. The third-order valence-electron chi connectivity index (χ3n) is 11.4. The lowest BCUT2D eigenvalue weighted by molar-refractivity contribution is -0.311. The maximum Gasteiger partial charge on any atom is 0.298 e. The summed E-state index contributed by atoms with van der Waals surface area (Å²) in [5.41, 5.74) is 2.11. The highest BCUT2D eigenvalue weighted by atomic mass is 33.1. The van der Waals surface area contributed by atoms with Gasteiger partial charge >= 0.3 is 0 Å². The number of phenolic OH excluding ortho intramolecular Hbond substituents is 1. The van der Waals surface area contributed by atoms with Crippen LogP contribution in [0, 0.1) is 11.8 Å². The van der Waals surface area contributed by atoms with Crippen LogP contribution < -0.4 is 35.2 Å². The minimum atomic E-state index is -5.56. The molecule has 0 saturated heterocycles. The van der Waals surface area contributed by atoms with Crippen molar-refractivity contribution < 1.29 is 112 Å². The van der Waals surface area contributed by atoms with Crippen LogP contribution >= 0.6 is 60.7 Å². The largest absolute Gasteiger partial charge is 0.756 e. The second kappa shape index (κ2) is 37.3. The molecule has 26 nitrogen and oxygen atoms in total. The highest BCUT2D eigenvalue weighted by Gasteiger charge is 2.24. The molecule has 2 aliphatic rings. The van der Waals surface area contributed by atoms with Crippen LogP contribution in [0.5, 0.6) is 5.75 Å². The Hall–Kier alpha value is -2.39. The Bertz CT molecular complexity index is 2830. The number of nitrogens with one attached hydrogen (secondary N) is 1. The summed E-state index contributed by atoms with van der Waals surface area (Å²) in [6.07, 6.45) is 8.10. The Labute approximate surface area is 484 Å². The molecule has 4 rings (SSSR count). The fraction of sp³-hybridized carbons (Fsp3) is 0.592. The van der Waals surface area contributed by atoms with Crippen LogP contribution in [-0.4, -0.2) is 81.9 Å². The number of unbranched alkanes of at least 4 members (excludes halogenated alkanes) is 7. The molecule has 1 aliphatic carbocycles. The smallest absolute Gasteiger partial charge is 0.298 e. The van der Waals surface area contributed by atoms with E-state index in [1.54, 1.807) is 47.2 Å². The molecule has 0 radical (unpaired) electrons. The van der Waals surface area contributed by atoms with Gasteiger partial charge in [0.05, 0.1) is 46.2 Å². The topological polar surface area (TPSA) is 382 Å². The first-order chi connectivity index (χ1) is 38.9. The van der Waals surface area contributed by atoms with Gasteiger partial charge in [0.25, 0.3) is 45.0 Å². The summed E-state index contributed by atoms with van der Waals surface area (Å²) in [5.74, 6) is 0.885. The Balaban J connectivity index is 1.26. The molecular formula is C49H71NO25P5S2-5. The predicted octanol–water partition coefficient (Wildman–Crippen LogP) is 9.10. The average molecular weight is 1290 g/mol. The molecule has 6 atom stereocenters. The number of hydrogen-bond acceptors (Lipinski definition) is 27. The van der Waals surface area contributed by atoms with Crippen molar-refractivity contribution in [2.75, 3.05) is 70.9 Å². The summed E-state index contributed by atoms with van der Waals surface area (Å²) in [7, 11) is -22.2. The molecule has 1 heterocycles. The third kappa shape index (κ3) is 29.8. The van der Waals surface area contributed by atoms with E-state index < -0.39 is 90.6 Å². The molecule has 82 heavy (non-hydrogen) atoms. The molecule has 2 aromatic carbocycles. The Morgan fingerprint density at radius 2 is 1.21 bits per heavy atom. The highest BCUT2D eigenvalue weighted by molar-refractivity contribution is 8.76. The zero-order valence-electron chi connectivity index (χ0n) is 45.7. The zero-order valence-corrected chi connectivity index (χ0v) is 51.8. The first kappa shape index (κ1) is 72.1. The first-order valence-corrected chi connectivity index (χ1v) is 36.3. The van der Waals surface area contributed by atoms with Crippen molar-refractivity contribution in [3.05, 3.63) is 76.5 Å². The van der Waals surface area contributed by atoms with Crippen LogP contribution in [-0.2, 0) is 73.4 Å². The molecular weight excluding hydrogens is 1220 g/mol. The van der Waals surface area contributed by atoms with Crippen LogP contribution in [0.1, 0.15) is 115 Å². The second-order valence-corrected chi connectivity index (χ2v) is 28.1. The van der Waals surface area contributed by atoms with Crippen LogP contribution in [0.3, 0.4) is 0 Å². The van der Waals surface area contributed by atoms with Gasteiger partial charge in [-0.3, -0.25) is 32.4 Å². The third-order valence-corrected chi connectivity index (χ3v) is 18.3. The standard InChI is InChI=1S/C49H76NO25P5S2/c1-4-5-6-12-31-81-82-32-13-8-7-11-25-66-79(60,61)74-75-80(62,63)71-37-39(36-70-77(56,57)65-26-15-27-67-78(58,59)73-64-29-30-69-76(54,55)68-28-23-38(2)3)16-9-10-24-50-49(53)41-18-14-17-40(33-41)48-44-21-19-42(51)34-46(44)72-47-35-43(52)20-22-45(47)48/h14,17-22,33-35,38-39,51H,4-13,15-16,23-32,36-37H2,1-3H3,(H,50,53)(H,54,55)(H,56,57)(H,58,59)(H,60,61)(H,62,63)/p-5. The molecule has 0 fully saturated rings. The van der Waals surface area contributed by atoms with Crippen molar-refractivity contribution in [2.24, 2.45) is 11.8 Å². The van der Waals surface area contributed by atoms with Gasteiger partial charge in [-0.1, -0.05) is 93.0 Å². The van der Waals surface area contributed by atoms with E-state index in [4.69, 9.17) is 22.5 Å². The molecule has 33 heteroatoms. The van der Waals surface area contributed by atoms with Crippen LogP contribution in [0.25, 0.3) is 33.4 Å². The minimum Gasteiger partial charge on any atom is -0.756 e. The molecule has 0 bridgehead atoms. The van der Waals surface area contributed by atoms with E-state index in [2.05, 4.69) is 44.7 Å². The molecule has 2 aromatic rings. The van der Waals surface area contributed by atoms with Crippen LogP contribution in [0.15, 0.2) is 69.9 Å². The molecule has 2 N–H and O–H groups in total. The van der Waals surface area contributed by atoms with E-state index in [0.29, 0.717) is 46.9 Å². The number of phosphoric acid groups is 5. The molecule has 0 saturated carbocycles. The number of carbonyl (C=O) groups excluding carboxylic acids is 1. The van der Waals surface area contributed by atoms with Crippen molar-refractivity contribution in [1.29, 1.82) is 0 Å². The van der Waals surface area contributed by atoms with Gasteiger partial charge in [-0.15, -0.1) is 0 Å². The van der Waals surface area contributed by atoms with E-state index >= 15 is 0 Å². The fourth-order valence-electron chi connectivity index (χ4n) is 7.27. The predicted molar refractivity (Wildman–Crippen MR) is 296 cm³/mol. The van der Waals surface area contributed by atoms with Gasteiger partial charge in [0, 0.05) is 58.2 Å². The SMILES string of the molecule is CCCCCCSSCCCCCCOP(=O)([O-])OOP(=O)([O-])OCC(CCCCNC(=O)c1cccc(-c2c3ccc(=O)cc-3oc3cc(O)ccc23)c1)COP(=O)([O-])OCCCOP(=O)([O-])OOCCOP(=O)([O-])OCCC(C)C. The molecule has 0 spiro atoms. The van der Waals surface area contributed by atoms with E-state index in [9.17, 15) is 62.0 Å². The monoisotopic (exact) mass is 1290 g/mol. The zero-order chi connectivity index (χ0) is 60.1. The normalized spacial score (nSPS) is 16.1. The number of phenols is 1. The van der Waals surface area contributed by atoms with Crippen LogP contribution in [0.4, 0.5) is 0 Å². The van der Waals surface area contributed by atoms with E-state index in [0.717, 1.165) is 24.3 Å². The van der Waals surface area contributed by atoms with Crippen LogP contribution in [0.2, 0.25) is 0 Å². The van der Waals surface area contributed by atoms with E-state index in [1.807, 2.05) is 24.6 Å². The second-order valence-electron chi connectivity index (χ2n) is 18.7.